The van der Waals surface area contributed by atoms with Gasteiger partial charge in [-0.15, -0.1) is 11.3 Å². The van der Waals surface area contributed by atoms with Crippen LogP contribution in [0.25, 0.3) is 0 Å². The van der Waals surface area contributed by atoms with E-state index in [-0.39, 0.29) is 17.7 Å². The maximum absolute atomic E-state index is 12.4. The third-order valence-electron chi connectivity index (χ3n) is 4.22. The number of amides is 2. The summed E-state index contributed by atoms with van der Waals surface area (Å²) in [5, 5.41) is 12.9. The van der Waals surface area contributed by atoms with E-state index in [1.165, 1.54) is 11.3 Å². The van der Waals surface area contributed by atoms with Crippen molar-refractivity contribution in [2.24, 2.45) is 5.92 Å². The smallest absolute Gasteiger partial charge is 0.228 e. The van der Waals surface area contributed by atoms with E-state index in [1.54, 1.807) is 11.8 Å². The van der Waals surface area contributed by atoms with Crippen LogP contribution < -0.4 is 5.32 Å². The average Bonchev–Trinajstić information content (AvgIpc) is 2.81. The Morgan fingerprint density at radius 3 is 2.55 bits per heavy atom. The third-order valence-corrected chi connectivity index (χ3v) is 5.29. The number of nitrogens with one attached hydrogen (secondary N) is 1. The second-order valence-electron chi connectivity index (χ2n) is 5.58. The lowest BCUT2D eigenvalue weighted by Gasteiger charge is -2.30. The van der Waals surface area contributed by atoms with E-state index in [2.05, 4.69) is 11.4 Å². The predicted molar refractivity (Wildman–Crippen MR) is 86.8 cm³/mol. The van der Waals surface area contributed by atoms with Crippen molar-refractivity contribution in [2.75, 3.05) is 18.4 Å². The van der Waals surface area contributed by atoms with Gasteiger partial charge in [-0.1, -0.05) is 6.92 Å². The molecule has 2 rings (SSSR count). The van der Waals surface area contributed by atoms with Crippen molar-refractivity contribution in [3.8, 4) is 6.07 Å². The summed E-state index contributed by atoms with van der Waals surface area (Å²) in [5.74, 6) is -0.0645. The van der Waals surface area contributed by atoms with E-state index >= 15 is 0 Å². The minimum absolute atomic E-state index is 0.0383. The zero-order valence-electron chi connectivity index (χ0n) is 13.2. The molecule has 22 heavy (non-hydrogen) atoms. The van der Waals surface area contributed by atoms with Crippen LogP contribution in [0.1, 0.15) is 42.7 Å². The molecule has 5 nitrogen and oxygen atoms in total. The lowest BCUT2D eigenvalue weighted by molar-refractivity contribution is -0.132. The molecule has 2 amide bonds. The first-order valence-corrected chi connectivity index (χ1v) is 8.38. The fourth-order valence-corrected chi connectivity index (χ4v) is 3.98. The largest absolute Gasteiger partial charge is 0.343 e. The summed E-state index contributed by atoms with van der Waals surface area (Å²) in [4.78, 5) is 26.6. The van der Waals surface area contributed by atoms with Gasteiger partial charge in [0, 0.05) is 30.8 Å². The van der Waals surface area contributed by atoms with Gasteiger partial charge in [0.25, 0.3) is 0 Å². The number of hydrogen-bond donors (Lipinski definition) is 1. The lowest BCUT2D eigenvalue weighted by atomic mass is 9.96. The first kappa shape index (κ1) is 16.5. The Morgan fingerprint density at radius 2 is 2.05 bits per heavy atom. The van der Waals surface area contributed by atoms with Gasteiger partial charge in [0.05, 0.1) is 5.56 Å². The summed E-state index contributed by atoms with van der Waals surface area (Å²) in [6.07, 6.45) is 2.15. The number of nitriles is 1. The molecule has 1 saturated heterocycles. The Morgan fingerprint density at radius 1 is 1.41 bits per heavy atom. The number of carbonyl (C=O) groups excluding carboxylic acids is 2. The van der Waals surface area contributed by atoms with Gasteiger partial charge in [0.2, 0.25) is 11.8 Å². The first-order valence-electron chi connectivity index (χ1n) is 7.56. The Bertz CT molecular complexity index is 622. The highest BCUT2D eigenvalue weighted by Gasteiger charge is 2.27. The molecule has 118 valence electrons. The highest BCUT2D eigenvalue weighted by Crippen LogP contribution is 2.33. The number of aryl methyl sites for hydroxylation is 1. The Hall–Kier alpha value is -1.87. The van der Waals surface area contributed by atoms with Crippen molar-refractivity contribution in [2.45, 2.75) is 40.0 Å². The third kappa shape index (κ3) is 3.30. The van der Waals surface area contributed by atoms with Crippen LogP contribution in [0.2, 0.25) is 0 Å². The van der Waals surface area contributed by atoms with Gasteiger partial charge >= 0.3 is 0 Å². The minimum Gasteiger partial charge on any atom is -0.343 e. The zero-order chi connectivity index (χ0) is 16.3. The van der Waals surface area contributed by atoms with Gasteiger partial charge in [-0.2, -0.15) is 5.26 Å². The summed E-state index contributed by atoms with van der Waals surface area (Å²) in [6, 6.07) is 2.21. The van der Waals surface area contributed by atoms with Gasteiger partial charge in [0.1, 0.15) is 11.1 Å². The first-order chi connectivity index (χ1) is 10.5. The molecule has 0 radical (unpaired) electrons. The molecule has 0 unspecified atom stereocenters. The molecule has 1 aromatic rings. The number of carbonyl (C=O) groups is 2. The zero-order valence-corrected chi connectivity index (χ0v) is 14.0. The number of hydrogen-bond acceptors (Lipinski definition) is 4. The molecular formula is C16H21N3O2S. The van der Waals surface area contributed by atoms with E-state index in [0.717, 1.165) is 16.9 Å². The second kappa shape index (κ2) is 6.93. The normalized spacial score (nSPS) is 15.5. The molecule has 0 aliphatic carbocycles. The molecule has 0 saturated carbocycles. The van der Waals surface area contributed by atoms with Crippen LogP contribution >= 0.6 is 11.3 Å². The number of anilines is 1. The SMILES string of the molecule is CCc1c(C)sc(NC(=O)C2CCN(C(C)=O)CC2)c1C#N. The Kier molecular flexibility index (Phi) is 5.19. The molecule has 1 aliphatic rings. The van der Waals surface area contributed by atoms with E-state index in [1.807, 2.05) is 13.8 Å². The number of rotatable bonds is 3. The maximum Gasteiger partial charge on any atom is 0.228 e. The van der Waals surface area contributed by atoms with Crippen LogP contribution in [-0.2, 0) is 16.0 Å². The molecule has 2 heterocycles. The van der Waals surface area contributed by atoms with Gasteiger partial charge in [0.15, 0.2) is 0 Å². The van der Waals surface area contributed by atoms with Gasteiger partial charge in [-0.05, 0) is 31.7 Å². The van der Waals surface area contributed by atoms with Crippen molar-refractivity contribution in [1.82, 2.24) is 4.90 Å². The van der Waals surface area contributed by atoms with E-state index in [0.29, 0.717) is 36.5 Å². The number of thiophene rings is 1. The highest BCUT2D eigenvalue weighted by molar-refractivity contribution is 7.16. The van der Waals surface area contributed by atoms with E-state index < -0.39 is 0 Å². The summed E-state index contributed by atoms with van der Waals surface area (Å²) in [6.45, 7) is 6.80. The maximum atomic E-state index is 12.4. The van der Waals surface area contributed by atoms with Crippen LogP contribution in [0, 0.1) is 24.2 Å². The van der Waals surface area contributed by atoms with Crippen molar-refractivity contribution < 1.29 is 9.59 Å². The van der Waals surface area contributed by atoms with Crippen LogP contribution in [0.15, 0.2) is 0 Å². The van der Waals surface area contributed by atoms with Gasteiger partial charge in [-0.3, -0.25) is 9.59 Å². The minimum atomic E-state index is -0.0883. The van der Waals surface area contributed by atoms with Crippen molar-refractivity contribution in [1.29, 1.82) is 5.26 Å². The van der Waals surface area contributed by atoms with Crippen molar-refractivity contribution >= 4 is 28.2 Å². The predicted octanol–water partition coefficient (Wildman–Crippen LogP) is 2.69. The summed E-state index contributed by atoms with van der Waals surface area (Å²) >= 11 is 1.47. The second-order valence-corrected chi connectivity index (χ2v) is 6.80. The van der Waals surface area contributed by atoms with Crippen molar-refractivity contribution in [3.05, 3.63) is 16.0 Å². The van der Waals surface area contributed by atoms with Crippen LogP contribution in [0.5, 0.6) is 0 Å². The number of likely N-dealkylation sites (tertiary alicyclic amines) is 1. The van der Waals surface area contributed by atoms with E-state index in [9.17, 15) is 14.9 Å². The topological polar surface area (TPSA) is 73.2 Å². The molecule has 0 spiro atoms. The fourth-order valence-electron chi connectivity index (χ4n) is 2.88. The molecule has 1 aliphatic heterocycles. The van der Waals surface area contributed by atoms with Gasteiger partial charge in [-0.25, -0.2) is 0 Å². The number of piperidine rings is 1. The molecule has 6 heteroatoms. The Balaban J connectivity index is 2.05. The fraction of sp³-hybridized carbons (Fsp3) is 0.562. The average molecular weight is 319 g/mol. The summed E-state index contributed by atoms with van der Waals surface area (Å²) in [5.41, 5.74) is 1.62. The molecular weight excluding hydrogens is 298 g/mol. The molecule has 1 N–H and O–H groups in total. The summed E-state index contributed by atoms with van der Waals surface area (Å²) < 4.78 is 0. The monoisotopic (exact) mass is 319 g/mol. The molecule has 1 aromatic heterocycles. The molecule has 0 atom stereocenters. The molecule has 0 aromatic carbocycles. The quantitative estimate of drug-likeness (QED) is 0.931. The standard InChI is InChI=1S/C16H21N3O2S/c1-4-13-10(2)22-16(14(13)9-17)18-15(21)12-5-7-19(8-6-12)11(3)20/h12H,4-8H2,1-3H3,(H,18,21). The van der Waals surface area contributed by atoms with Crippen LogP contribution in [-0.4, -0.2) is 29.8 Å². The molecule has 0 bridgehead atoms. The lowest BCUT2D eigenvalue weighted by Crippen LogP contribution is -2.40. The summed E-state index contributed by atoms with van der Waals surface area (Å²) in [7, 11) is 0. The van der Waals surface area contributed by atoms with Crippen molar-refractivity contribution in [3.63, 3.8) is 0 Å². The van der Waals surface area contributed by atoms with Crippen LogP contribution in [0.3, 0.4) is 0 Å². The molecule has 1 fully saturated rings. The number of nitrogens with zero attached hydrogens (tertiary/aromatic N) is 2. The van der Waals surface area contributed by atoms with Crippen LogP contribution in [0.4, 0.5) is 5.00 Å². The highest BCUT2D eigenvalue weighted by atomic mass is 32.1. The Labute approximate surface area is 134 Å². The van der Waals surface area contributed by atoms with Gasteiger partial charge < -0.3 is 10.2 Å². The van der Waals surface area contributed by atoms with E-state index in [4.69, 9.17) is 0 Å².